The predicted molar refractivity (Wildman–Crippen MR) is 67.2 cm³/mol. The van der Waals surface area contributed by atoms with Crippen LogP contribution in [0.3, 0.4) is 0 Å². The quantitative estimate of drug-likeness (QED) is 0.788. The smallest absolute Gasteiger partial charge is 0.432 e. The van der Waals surface area contributed by atoms with E-state index in [1.54, 1.807) is 12.1 Å². The summed E-state index contributed by atoms with van der Waals surface area (Å²) in [6, 6.07) is 5.99. The molecule has 1 aromatic carbocycles. The first-order valence-corrected chi connectivity index (χ1v) is 5.79. The van der Waals surface area contributed by atoms with Crippen LogP contribution in [0.1, 0.15) is 6.92 Å². The lowest BCUT2D eigenvalue weighted by atomic mass is 9.86. The molecule has 2 rings (SSSR count). The van der Waals surface area contributed by atoms with Crippen LogP contribution in [0, 0.1) is 5.41 Å². The maximum Gasteiger partial charge on any atom is 0.432 e. The van der Waals surface area contributed by atoms with Crippen molar-refractivity contribution in [3.05, 3.63) is 29.3 Å². The molecule has 0 N–H and O–H groups in total. The van der Waals surface area contributed by atoms with Crippen molar-refractivity contribution in [2.45, 2.75) is 13.1 Å². The van der Waals surface area contributed by atoms with E-state index in [2.05, 4.69) is 10.2 Å². The predicted octanol–water partition coefficient (Wildman–Crippen LogP) is 3.25. The molecule has 1 unspecified atom stereocenters. The molecule has 4 nitrogen and oxygen atoms in total. The molecule has 0 saturated carbocycles. The van der Waals surface area contributed by atoms with E-state index < -0.39 is 23.2 Å². The molecule has 1 aliphatic heterocycles. The maximum absolute atomic E-state index is 12.8. The first kappa shape index (κ1) is 14.5. The lowest BCUT2D eigenvalue weighted by Gasteiger charge is -2.22. The molecule has 0 aromatic heterocycles. The minimum absolute atomic E-state index is 0.107. The molecule has 1 heterocycles. The van der Waals surface area contributed by atoms with Gasteiger partial charge in [-0.05, 0) is 25.1 Å². The fraction of sp³-hybridized carbons (Fsp3) is 0.250. The molecule has 1 aromatic rings. The summed E-state index contributed by atoms with van der Waals surface area (Å²) in [4.78, 5) is 11.1. The molecular formula is C12H8ClF3N2O2. The summed E-state index contributed by atoms with van der Waals surface area (Å²) in [7, 11) is 0. The van der Waals surface area contributed by atoms with Gasteiger partial charge in [0.15, 0.2) is 5.71 Å². The van der Waals surface area contributed by atoms with Gasteiger partial charge in [0.25, 0.3) is 0 Å². The Morgan fingerprint density at radius 1 is 1.35 bits per heavy atom. The van der Waals surface area contributed by atoms with Gasteiger partial charge in [-0.25, -0.2) is 0 Å². The molecule has 0 bridgehead atoms. The summed E-state index contributed by atoms with van der Waals surface area (Å²) >= 11 is 5.74. The Hall–Kier alpha value is -1.89. The van der Waals surface area contributed by atoms with Gasteiger partial charge in [-0.2, -0.15) is 13.2 Å². The van der Waals surface area contributed by atoms with Crippen LogP contribution in [0.5, 0.6) is 5.75 Å². The van der Waals surface area contributed by atoms with Crippen LogP contribution in [0.15, 0.2) is 34.5 Å². The second-order valence-corrected chi connectivity index (χ2v) is 4.67. The number of nitrogens with zero attached hydrogens (tertiary/aromatic N) is 2. The summed E-state index contributed by atoms with van der Waals surface area (Å²) in [5, 5.41) is 6.68. The van der Waals surface area contributed by atoms with Crippen molar-refractivity contribution < 1.29 is 22.7 Å². The number of carbonyl (C=O) groups is 1. The van der Waals surface area contributed by atoms with E-state index in [9.17, 15) is 18.0 Å². The zero-order valence-electron chi connectivity index (χ0n) is 10.1. The number of ether oxygens (including phenoxy) is 1. The van der Waals surface area contributed by atoms with Crippen LogP contribution >= 0.6 is 11.6 Å². The Bertz CT molecular complexity index is 613. The van der Waals surface area contributed by atoms with Gasteiger partial charge in [0.05, 0.1) is 0 Å². The van der Waals surface area contributed by atoms with Crippen molar-refractivity contribution in [2.75, 3.05) is 0 Å². The Labute approximate surface area is 116 Å². The fourth-order valence-electron chi connectivity index (χ4n) is 1.63. The van der Waals surface area contributed by atoms with Crippen LogP contribution < -0.4 is 4.74 Å². The Morgan fingerprint density at radius 3 is 2.60 bits per heavy atom. The molecule has 0 amide bonds. The number of halogens is 4. The Morgan fingerprint density at radius 2 is 2.05 bits per heavy atom. The van der Waals surface area contributed by atoms with Crippen LogP contribution in [-0.2, 0) is 4.79 Å². The van der Waals surface area contributed by atoms with E-state index in [4.69, 9.17) is 16.3 Å². The van der Waals surface area contributed by atoms with E-state index in [-0.39, 0.29) is 12.0 Å². The van der Waals surface area contributed by atoms with E-state index in [1.807, 2.05) is 0 Å². The first-order valence-electron chi connectivity index (χ1n) is 5.41. The Balaban J connectivity index is 2.30. The molecule has 0 saturated heterocycles. The number of alkyl halides is 3. The van der Waals surface area contributed by atoms with Crippen molar-refractivity contribution >= 4 is 29.5 Å². The molecule has 0 radical (unpaired) electrons. The van der Waals surface area contributed by atoms with Crippen LogP contribution in [0.25, 0.3) is 0 Å². The molecule has 1 atom stereocenters. The van der Waals surface area contributed by atoms with Gasteiger partial charge in [0, 0.05) is 5.02 Å². The fourth-order valence-corrected chi connectivity index (χ4v) is 1.81. The highest BCUT2D eigenvalue weighted by molar-refractivity contribution is 6.30. The average molecular weight is 305 g/mol. The molecular weight excluding hydrogens is 297 g/mol. The third-order valence-corrected chi connectivity index (χ3v) is 2.93. The third-order valence-electron chi connectivity index (χ3n) is 2.69. The van der Waals surface area contributed by atoms with E-state index in [1.165, 1.54) is 12.1 Å². The van der Waals surface area contributed by atoms with Crippen LogP contribution in [-0.4, -0.2) is 24.1 Å². The van der Waals surface area contributed by atoms with Gasteiger partial charge in [-0.1, -0.05) is 17.7 Å². The van der Waals surface area contributed by atoms with E-state index in [0.717, 1.165) is 6.92 Å². The van der Waals surface area contributed by atoms with Crippen molar-refractivity contribution in [3.8, 4) is 5.75 Å². The lowest BCUT2D eigenvalue weighted by Crippen LogP contribution is -2.45. The molecule has 0 spiro atoms. The highest BCUT2D eigenvalue weighted by Gasteiger charge is 2.55. The summed E-state index contributed by atoms with van der Waals surface area (Å²) in [6.07, 6.45) is -4.66. The van der Waals surface area contributed by atoms with Gasteiger partial charge >= 0.3 is 6.18 Å². The number of rotatable bonds is 2. The molecule has 20 heavy (non-hydrogen) atoms. The number of hydrogen-bond acceptors (Lipinski definition) is 4. The van der Waals surface area contributed by atoms with E-state index >= 15 is 0 Å². The van der Waals surface area contributed by atoms with Crippen LogP contribution in [0.2, 0.25) is 5.02 Å². The van der Waals surface area contributed by atoms with Crippen molar-refractivity contribution in [2.24, 2.45) is 15.6 Å². The van der Waals surface area contributed by atoms with Crippen molar-refractivity contribution in [1.29, 1.82) is 0 Å². The second kappa shape index (κ2) is 4.90. The summed E-state index contributed by atoms with van der Waals surface area (Å²) in [5.41, 5.74) is -3.38. The minimum atomic E-state index is -4.77. The van der Waals surface area contributed by atoms with Crippen LogP contribution in [0.4, 0.5) is 13.2 Å². The molecule has 0 aliphatic carbocycles. The van der Waals surface area contributed by atoms with Crippen molar-refractivity contribution in [3.63, 3.8) is 0 Å². The monoisotopic (exact) mass is 304 g/mol. The molecule has 8 heteroatoms. The normalized spacial score (nSPS) is 22.2. The standard InChI is InChI=1S/C12H8ClF3N2O2/c1-11(6-19)9(12(14,15)16)17-18-10(11)20-8-4-2-3-7(13)5-8/h2-6H,1H3. The number of benzene rings is 1. The average Bonchev–Trinajstić information content (AvgIpc) is 2.67. The largest absolute Gasteiger partial charge is 0.440 e. The lowest BCUT2D eigenvalue weighted by molar-refractivity contribution is -0.113. The summed E-state index contributed by atoms with van der Waals surface area (Å²) in [5.74, 6) is -0.273. The second-order valence-electron chi connectivity index (χ2n) is 4.23. The van der Waals surface area contributed by atoms with E-state index in [0.29, 0.717) is 5.02 Å². The molecule has 0 fully saturated rings. The molecule has 106 valence electrons. The minimum Gasteiger partial charge on any atom is -0.440 e. The van der Waals surface area contributed by atoms with Crippen molar-refractivity contribution in [1.82, 2.24) is 0 Å². The zero-order valence-corrected chi connectivity index (χ0v) is 10.9. The zero-order chi connectivity index (χ0) is 15.0. The third kappa shape index (κ3) is 2.53. The molecule has 1 aliphatic rings. The Kier molecular flexibility index (Phi) is 3.56. The summed E-state index contributed by atoms with van der Waals surface area (Å²) in [6.45, 7) is 1.04. The maximum atomic E-state index is 12.8. The van der Waals surface area contributed by atoms with Gasteiger partial charge in [0.2, 0.25) is 5.90 Å². The van der Waals surface area contributed by atoms with Gasteiger partial charge in [-0.15, -0.1) is 10.2 Å². The topological polar surface area (TPSA) is 51.0 Å². The number of aldehydes is 1. The SMILES string of the molecule is CC1(C=O)C(Oc2cccc(Cl)c2)=NN=C1C(F)(F)F. The number of hydrogen-bond donors (Lipinski definition) is 0. The van der Waals surface area contributed by atoms with Gasteiger partial charge < -0.3 is 9.53 Å². The summed E-state index contributed by atoms with van der Waals surface area (Å²) < 4.78 is 43.5. The number of carbonyl (C=O) groups excluding carboxylic acids is 1. The van der Waals surface area contributed by atoms with Gasteiger partial charge in [0.1, 0.15) is 17.5 Å². The highest BCUT2D eigenvalue weighted by Crippen LogP contribution is 2.35. The first-order chi connectivity index (χ1) is 9.27. The highest BCUT2D eigenvalue weighted by atomic mass is 35.5. The van der Waals surface area contributed by atoms with Gasteiger partial charge in [-0.3, -0.25) is 0 Å².